The lowest BCUT2D eigenvalue weighted by Crippen LogP contribution is -2.47. The average molecular weight is 584 g/mol. The molecule has 0 spiro atoms. The molecule has 0 saturated carbocycles. The number of fused-ring (bicyclic) bond motifs is 1. The first-order chi connectivity index (χ1) is 19.5. The van der Waals surface area contributed by atoms with Gasteiger partial charge in [0, 0.05) is 66.6 Å². The van der Waals surface area contributed by atoms with Crippen LogP contribution in [-0.2, 0) is 16.6 Å². The number of para-hydroxylation sites is 1. The standard InChI is InChI=1S/C30H41N5O5S/c1-19-17-20(2)32-29(36)26(19)18-31-30(37)28-22(4)35(27-8-6-5-7-25(27)28)21(3)23-9-15-34(16-10-23)41(39,40)24-11-13-33(38)14-12-24/h5-8,17,21,23-24,38H,9-16,18H2,1-4H3,(H,31,37)(H,32,36)/t21-/m1/s1. The van der Waals surface area contributed by atoms with Gasteiger partial charge in [-0.25, -0.2) is 12.7 Å². The van der Waals surface area contributed by atoms with Crippen molar-refractivity contribution in [1.29, 1.82) is 0 Å². The van der Waals surface area contributed by atoms with Gasteiger partial charge in [-0.05, 0) is 77.0 Å². The number of carbonyl (C=O) groups excluding carboxylic acids is 1. The number of aromatic amines is 1. The predicted molar refractivity (Wildman–Crippen MR) is 159 cm³/mol. The van der Waals surface area contributed by atoms with Crippen molar-refractivity contribution in [1.82, 2.24) is 24.2 Å². The summed E-state index contributed by atoms with van der Waals surface area (Å²) >= 11 is 0. The Morgan fingerprint density at radius 1 is 1.07 bits per heavy atom. The fourth-order valence-corrected chi connectivity index (χ4v) is 8.68. The number of amides is 1. The number of sulfonamides is 1. The van der Waals surface area contributed by atoms with Gasteiger partial charge in [-0.3, -0.25) is 9.59 Å². The second-order valence-electron chi connectivity index (χ2n) is 11.6. The molecule has 3 aromatic rings. The molecule has 41 heavy (non-hydrogen) atoms. The molecule has 5 rings (SSSR count). The summed E-state index contributed by atoms with van der Waals surface area (Å²) in [4.78, 5) is 28.8. The number of carbonyl (C=O) groups is 1. The summed E-state index contributed by atoms with van der Waals surface area (Å²) in [5, 5.41) is 14.2. The fraction of sp³-hybridized carbons (Fsp3) is 0.533. The van der Waals surface area contributed by atoms with Gasteiger partial charge in [-0.1, -0.05) is 18.2 Å². The van der Waals surface area contributed by atoms with Crippen molar-refractivity contribution in [2.75, 3.05) is 26.2 Å². The van der Waals surface area contributed by atoms with E-state index in [9.17, 15) is 23.2 Å². The third-order valence-corrected chi connectivity index (χ3v) is 11.5. The molecule has 4 heterocycles. The van der Waals surface area contributed by atoms with Crippen LogP contribution >= 0.6 is 0 Å². The summed E-state index contributed by atoms with van der Waals surface area (Å²) < 4.78 is 30.4. The molecule has 222 valence electrons. The number of pyridine rings is 1. The van der Waals surface area contributed by atoms with E-state index in [2.05, 4.69) is 21.8 Å². The molecule has 0 bridgehead atoms. The molecule has 1 atom stereocenters. The first-order valence-corrected chi connectivity index (χ1v) is 16.0. The number of nitrogens with one attached hydrogen (secondary N) is 2. The van der Waals surface area contributed by atoms with Crippen molar-refractivity contribution in [3.8, 4) is 0 Å². The third kappa shape index (κ3) is 5.73. The van der Waals surface area contributed by atoms with Crippen LogP contribution in [0, 0.1) is 26.7 Å². The molecule has 11 heteroatoms. The number of rotatable bonds is 7. The lowest BCUT2D eigenvalue weighted by Gasteiger charge is -2.38. The molecule has 2 aliphatic rings. The summed E-state index contributed by atoms with van der Waals surface area (Å²) in [6.07, 6.45) is 2.38. The van der Waals surface area contributed by atoms with Crippen LogP contribution in [-0.4, -0.2) is 69.9 Å². The zero-order valence-corrected chi connectivity index (χ0v) is 25.1. The Labute approximate surface area is 241 Å². The third-order valence-electron chi connectivity index (χ3n) is 9.09. The van der Waals surface area contributed by atoms with Gasteiger partial charge < -0.3 is 20.1 Å². The van der Waals surface area contributed by atoms with Gasteiger partial charge >= 0.3 is 0 Å². The Kier molecular flexibility index (Phi) is 8.43. The Morgan fingerprint density at radius 2 is 1.73 bits per heavy atom. The number of nitrogens with zero attached hydrogens (tertiary/aromatic N) is 3. The minimum absolute atomic E-state index is 0.0612. The Bertz CT molecular complexity index is 1600. The summed E-state index contributed by atoms with van der Waals surface area (Å²) in [6.45, 7) is 9.68. The number of aromatic nitrogens is 2. The minimum Gasteiger partial charge on any atom is -0.348 e. The van der Waals surface area contributed by atoms with Gasteiger partial charge in [-0.15, -0.1) is 0 Å². The van der Waals surface area contributed by atoms with Crippen LogP contribution < -0.4 is 10.9 Å². The van der Waals surface area contributed by atoms with Crippen molar-refractivity contribution in [3.05, 3.63) is 68.8 Å². The predicted octanol–water partition coefficient (Wildman–Crippen LogP) is 3.64. The first kappa shape index (κ1) is 29.5. The molecule has 0 unspecified atom stereocenters. The summed E-state index contributed by atoms with van der Waals surface area (Å²) in [5.41, 5.74) is 4.40. The number of benzene rings is 1. The molecular weight excluding hydrogens is 542 g/mol. The lowest BCUT2D eigenvalue weighted by atomic mass is 9.91. The van der Waals surface area contributed by atoms with E-state index in [1.807, 2.05) is 51.1 Å². The minimum atomic E-state index is -3.40. The Morgan fingerprint density at radius 3 is 2.39 bits per heavy atom. The van der Waals surface area contributed by atoms with E-state index in [4.69, 9.17) is 0 Å². The summed E-state index contributed by atoms with van der Waals surface area (Å²) in [6, 6.07) is 9.83. The van der Waals surface area contributed by atoms with Crippen molar-refractivity contribution in [2.24, 2.45) is 5.92 Å². The Hall–Kier alpha value is -2.99. The maximum absolute atomic E-state index is 13.5. The van der Waals surface area contributed by atoms with E-state index in [-0.39, 0.29) is 30.0 Å². The number of aryl methyl sites for hydroxylation is 2. The van der Waals surface area contributed by atoms with E-state index in [0.29, 0.717) is 50.1 Å². The van der Waals surface area contributed by atoms with Crippen LogP contribution in [0.15, 0.2) is 35.1 Å². The zero-order valence-electron chi connectivity index (χ0n) is 24.3. The van der Waals surface area contributed by atoms with Crippen LogP contribution in [0.5, 0.6) is 0 Å². The quantitative estimate of drug-likeness (QED) is 0.390. The van der Waals surface area contributed by atoms with Crippen molar-refractivity contribution >= 4 is 26.8 Å². The van der Waals surface area contributed by atoms with E-state index in [0.717, 1.165) is 40.7 Å². The monoisotopic (exact) mass is 583 g/mol. The van der Waals surface area contributed by atoms with Crippen LogP contribution in [0.25, 0.3) is 10.9 Å². The van der Waals surface area contributed by atoms with E-state index in [1.165, 1.54) is 5.06 Å². The number of hydrogen-bond acceptors (Lipinski definition) is 6. The molecule has 2 aliphatic heterocycles. The SMILES string of the molecule is Cc1cc(C)c(CNC(=O)c2c(C)n([C@H](C)C3CCN(S(=O)(=O)C4CCN(O)CC4)CC3)c3ccccc23)c(=O)[nH]1. The van der Waals surface area contributed by atoms with Crippen molar-refractivity contribution in [2.45, 2.75) is 71.2 Å². The highest BCUT2D eigenvalue weighted by atomic mass is 32.2. The highest BCUT2D eigenvalue weighted by Gasteiger charge is 2.38. The molecule has 2 aromatic heterocycles. The van der Waals surface area contributed by atoms with Crippen LogP contribution in [0.1, 0.15) is 71.5 Å². The zero-order chi connectivity index (χ0) is 29.5. The molecule has 1 amide bonds. The smallest absolute Gasteiger partial charge is 0.254 e. The summed E-state index contributed by atoms with van der Waals surface area (Å²) in [5.74, 6) is 0.0267. The Balaban J connectivity index is 1.33. The van der Waals surface area contributed by atoms with Crippen molar-refractivity contribution < 1.29 is 18.4 Å². The van der Waals surface area contributed by atoms with E-state index < -0.39 is 15.3 Å². The molecule has 3 N–H and O–H groups in total. The van der Waals surface area contributed by atoms with Gasteiger partial charge in [0.1, 0.15) is 0 Å². The second-order valence-corrected chi connectivity index (χ2v) is 13.9. The number of hydrogen-bond donors (Lipinski definition) is 3. The van der Waals surface area contributed by atoms with Gasteiger partial charge in [0.05, 0.1) is 10.8 Å². The summed E-state index contributed by atoms with van der Waals surface area (Å²) in [7, 11) is -3.40. The van der Waals surface area contributed by atoms with E-state index in [1.54, 1.807) is 4.31 Å². The topological polar surface area (TPSA) is 128 Å². The normalized spacial score (nSPS) is 19.0. The maximum atomic E-state index is 13.5. The highest BCUT2D eigenvalue weighted by Crippen LogP contribution is 2.37. The molecule has 1 aromatic carbocycles. The average Bonchev–Trinajstić information content (AvgIpc) is 3.24. The number of piperidine rings is 2. The van der Waals surface area contributed by atoms with Gasteiger partial charge in [0.2, 0.25) is 10.0 Å². The highest BCUT2D eigenvalue weighted by molar-refractivity contribution is 7.89. The van der Waals surface area contributed by atoms with Crippen LogP contribution in [0.2, 0.25) is 0 Å². The molecule has 2 fully saturated rings. The van der Waals surface area contributed by atoms with Crippen molar-refractivity contribution in [3.63, 3.8) is 0 Å². The molecule has 0 radical (unpaired) electrons. The number of H-pyrrole nitrogens is 1. The molecule has 2 saturated heterocycles. The second kappa shape index (κ2) is 11.7. The molecule has 10 nitrogen and oxygen atoms in total. The van der Waals surface area contributed by atoms with Gasteiger partial charge in [0.25, 0.3) is 11.5 Å². The lowest BCUT2D eigenvalue weighted by molar-refractivity contribution is -0.102. The van der Waals surface area contributed by atoms with Crippen LogP contribution in [0.4, 0.5) is 0 Å². The van der Waals surface area contributed by atoms with E-state index >= 15 is 0 Å². The van der Waals surface area contributed by atoms with Gasteiger partial charge in [-0.2, -0.15) is 5.06 Å². The van der Waals surface area contributed by atoms with Gasteiger partial charge in [0.15, 0.2) is 0 Å². The van der Waals surface area contributed by atoms with Crippen LogP contribution in [0.3, 0.4) is 0 Å². The first-order valence-electron chi connectivity index (χ1n) is 14.5. The molecular formula is C30H41N5O5S. The fourth-order valence-electron chi connectivity index (χ4n) is 6.74. The molecule has 0 aliphatic carbocycles. The maximum Gasteiger partial charge on any atom is 0.254 e. The number of hydroxylamine groups is 2. The largest absolute Gasteiger partial charge is 0.348 e.